The number of nitrogens with zero attached hydrogens (tertiary/aromatic N) is 1. The number of methoxy groups -OCH3 is 1. The van der Waals surface area contributed by atoms with Crippen LogP contribution in [0.5, 0.6) is 0 Å². The Morgan fingerprint density at radius 1 is 1.33 bits per heavy atom. The molecule has 1 saturated carbocycles. The molecule has 1 aliphatic carbocycles. The van der Waals surface area contributed by atoms with Crippen molar-refractivity contribution >= 4 is 0 Å². The molecule has 0 radical (unpaired) electrons. The van der Waals surface area contributed by atoms with Crippen LogP contribution in [0.4, 0.5) is 0 Å². The van der Waals surface area contributed by atoms with Gasteiger partial charge in [0.25, 0.3) is 0 Å². The molecule has 1 atom stereocenters. The lowest BCUT2D eigenvalue weighted by Crippen LogP contribution is -2.36. The van der Waals surface area contributed by atoms with E-state index in [4.69, 9.17) is 4.74 Å². The van der Waals surface area contributed by atoms with Crippen LogP contribution in [-0.2, 0) is 24.2 Å². The Hall–Kier alpha value is -0.900. The molecular formula is C18H28N2O. The summed E-state index contributed by atoms with van der Waals surface area (Å²) in [5, 5.41) is 3.47. The predicted molar refractivity (Wildman–Crippen MR) is 86.3 cm³/mol. The molecule has 1 N–H and O–H groups in total. The Labute approximate surface area is 128 Å². The molecule has 1 fully saturated rings. The van der Waals surface area contributed by atoms with Gasteiger partial charge in [0.15, 0.2) is 0 Å². The highest BCUT2D eigenvalue weighted by atomic mass is 16.5. The molecule has 0 saturated heterocycles. The fourth-order valence-corrected chi connectivity index (χ4v) is 3.38. The Morgan fingerprint density at radius 2 is 2.19 bits per heavy atom. The van der Waals surface area contributed by atoms with Crippen LogP contribution in [0.25, 0.3) is 0 Å². The summed E-state index contributed by atoms with van der Waals surface area (Å²) in [6, 6.07) is 7.74. The molecule has 3 heteroatoms. The maximum Gasteiger partial charge on any atom is 0.0589 e. The molecule has 21 heavy (non-hydrogen) atoms. The van der Waals surface area contributed by atoms with Gasteiger partial charge < -0.3 is 10.1 Å². The second kappa shape index (κ2) is 6.91. The first-order valence-corrected chi connectivity index (χ1v) is 8.32. The largest absolute Gasteiger partial charge is 0.383 e. The molecular weight excluding hydrogens is 260 g/mol. The van der Waals surface area contributed by atoms with Gasteiger partial charge in [-0.05, 0) is 55.3 Å². The highest BCUT2D eigenvalue weighted by molar-refractivity contribution is 5.33. The molecule has 1 aromatic carbocycles. The number of benzene rings is 1. The Morgan fingerprint density at radius 3 is 2.95 bits per heavy atom. The van der Waals surface area contributed by atoms with E-state index in [0.717, 1.165) is 38.7 Å². The van der Waals surface area contributed by atoms with E-state index in [2.05, 4.69) is 35.3 Å². The SMILES string of the molecule is COCCN(Cc1ccc2c(c1)CNCC2)C(C)C1CC1. The summed E-state index contributed by atoms with van der Waals surface area (Å²) < 4.78 is 5.30. The van der Waals surface area contributed by atoms with Crippen molar-refractivity contribution in [2.45, 2.75) is 45.3 Å². The molecule has 0 aromatic heterocycles. The summed E-state index contributed by atoms with van der Waals surface area (Å²) in [6.07, 6.45) is 3.97. The van der Waals surface area contributed by atoms with Crippen molar-refractivity contribution in [2.75, 3.05) is 26.8 Å². The second-order valence-electron chi connectivity index (χ2n) is 6.57. The third kappa shape index (κ3) is 3.85. The first kappa shape index (κ1) is 15.0. The average Bonchev–Trinajstić information content (AvgIpc) is 3.35. The van der Waals surface area contributed by atoms with Crippen molar-refractivity contribution < 1.29 is 4.74 Å². The quantitative estimate of drug-likeness (QED) is 0.834. The van der Waals surface area contributed by atoms with E-state index in [0.29, 0.717) is 6.04 Å². The Balaban J connectivity index is 1.68. The topological polar surface area (TPSA) is 24.5 Å². The number of rotatable bonds is 7. The fraction of sp³-hybridized carbons (Fsp3) is 0.667. The monoisotopic (exact) mass is 288 g/mol. The van der Waals surface area contributed by atoms with Crippen molar-refractivity contribution in [3.05, 3.63) is 34.9 Å². The lowest BCUT2D eigenvalue weighted by atomic mass is 9.98. The molecule has 116 valence electrons. The minimum absolute atomic E-state index is 0.675. The van der Waals surface area contributed by atoms with Crippen molar-refractivity contribution in [1.29, 1.82) is 0 Å². The molecule has 3 rings (SSSR count). The maximum atomic E-state index is 5.30. The first-order chi connectivity index (χ1) is 10.3. The molecule has 0 bridgehead atoms. The van der Waals surface area contributed by atoms with Gasteiger partial charge >= 0.3 is 0 Å². The normalized spacial score (nSPS) is 19.6. The van der Waals surface area contributed by atoms with Crippen LogP contribution in [0.3, 0.4) is 0 Å². The summed E-state index contributed by atoms with van der Waals surface area (Å²) in [6.45, 7) is 7.43. The molecule has 0 amide bonds. The van der Waals surface area contributed by atoms with Crippen LogP contribution >= 0.6 is 0 Å². The maximum absolute atomic E-state index is 5.30. The van der Waals surface area contributed by atoms with Gasteiger partial charge in [-0.15, -0.1) is 0 Å². The Bertz CT molecular complexity index is 470. The fourth-order valence-electron chi connectivity index (χ4n) is 3.38. The molecule has 1 aliphatic heterocycles. The summed E-state index contributed by atoms with van der Waals surface area (Å²) in [7, 11) is 1.80. The molecule has 2 aliphatic rings. The van der Waals surface area contributed by atoms with Crippen LogP contribution in [0.1, 0.15) is 36.5 Å². The van der Waals surface area contributed by atoms with E-state index in [1.807, 2.05) is 0 Å². The number of ether oxygens (including phenoxy) is 1. The molecule has 1 unspecified atom stereocenters. The first-order valence-electron chi connectivity index (χ1n) is 8.32. The van der Waals surface area contributed by atoms with Gasteiger partial charge in [0.1, 0.15) is 0 Å². The standard InChI is InChI=1S/C18H28N2O/c1-14(16-5-6-16)20(9-10-21-2)13-15-3-4-17-7-8-19-12-18(17)11-15/h3-4,11,14,16,19H,5-10,12-13H2,1-2H3. The zero-order chi connectivity index (χ0) is 14.7. The smallest absolute Gasteiger partial charge is 0.0589 e. The van der Waals surface area contributed by atoms with Crippen LogP contribution < -0.4 is 5.32 Å². The number of nitrogens with one attached hydrogen (secondary N) is 1. The van der Waals surface area contributed by atoms with E-state index < -0.39 is 0 Å². The van der Waals surface area contributed by atoms with Gasteiger partial charge in [0.05, 0.1) is 6.61 Å². The van der Waals surface area contributed by atoms with Crippen LogP contribution in [-0.4, -0.2) is 37.7 Å². The van der Waals surface area contributed by atoms with Crippen molar-refractivity contribution in [3.63, 3.8) is 0 Å². The van der Waals surface area contributed by atoms with Gasteiger partial charge in [-0.3, -0.25) is 4.90 Å². The predicted octanol–water partition coefficient (Wildman–Crippen LogP) is 2.58. The molecule has 1 aromatic rings. The summed E-state index contributed by atoms with van der Waals surface area (Å²) in [5.74, 6) is 0.904. The van der Waals surface area contributed by atoms with Gasteiger partial charge in [-0.25, -0.2) is 0 Å². The lowest BCUT2D eigenvalue weighted by molar-refractivity contribution is 0.111. The molecule has 1 heterocycles. The lowest BCUT2D eigenvalue weighted by Gasteiger charge is -2.29. The van der Waals surface area contributed by atoms with Gasteiger partial charge in [-0.2, -0.15) is 0 Å². The average molecular weight is 288 g/mol. The van der Waals surface area contributed by atoms with Gasteiger partial charge in [0.2, 0.25) is 0 Å². The highest BCUT2D eigenvalue weighted by Gasteiger charge is 2.31. The van der Waals surface area contributed by atoms with E-state index in [-0.39, 0.29) is 0 Å². The second-order valence-corrected chi connectivity index (χ2v) is 6.57. The van der Waals surface area contributed by atoms with Crippen LogP contribution in [0.15, 0.2) is 18.2 Å². The van der Waals surface area contributed by atoms with E-state index >= 15 is 0 Å². The molecule has 3 nitrogen and oxygen atoms in total. The minimum atomic E-state index is 0.675. The third-order valence-electron chi connectivity index (χ3n) is 5.01. The van der Waals surface area contributed by atoms with Gasteiger partial charge in [0, 0.05) is 32.8 Å². The number of hydrogen-bond donors (Lipinski definition) is 1. The summed E-state index contributed by atoms with van der Waals surface area (Å²) in [5.41, 5.74) is 4.46. The minimum Gasteiger partial charge on any atom is -0.383 e. The van der Waals surface area contributed by atoms with E-state index in [1.54, 1.807) is 7.11 Å². The highest BCUT2D eigenvalue weighted by Crippen LogP contribution is 2.35. The van der Waals surface area contributed by atoms with Gasteiger partial charge in [-0.1, -0.05) is 18.2 Å². The van der Waals surface area contributed by atoms with Crippen LogP contribution in [0, 0.1) is 5.92 Å². The summed E-state index contributed by atoms with van der Waals surface area (Å²) in [4.78, 5) is 2.60. The van der Waals surface area contributed by atoms with E-state index in [9.17, 15) is 0 Å². The van der Waals surface area contributed by atoms with Crippen molar-refractivity contribution in [3.8, 4) is 0 Å². The van der Waals surface area contributed by atoms with Crippen LogP contribution in [0.2, 0.25) is 0 Å². The zero-order valence-corrected chi connectivity index (χ0v) is 13.4. The van der Waals surface area contributed by atoms with Crippen molar-refractivity contribution in [2.24, 2.45) is 5.92 Å². The Kier molecular flexibility index (Phi) is 4.94. The summed E-state index contributed by atoms with van der Waals surface area (Å²) >= 11 is 0. The number of fused-ring (bicyclic) bond motifs is 1. The molecule has 0 spiro atoms. The van der Waals surface area contributed by atoms with Crippen molar-refractivity contribution in [1.82, 2.24) is 10.2 Å². The van der Waals surface area contributed by atoms with E-state index in [1.165, 1.54) is 36.0 Å². The number of hydrogen-bond acceptors (Lipinski definition) is 3. The third-order valence-corrected chi connectivity index (χ3v) is 5.01. The zero-order valence-electron chi connectivity index (χ0n) is 13.4.